The lowest BCUT2D eigenvalue weighted by atomic mass is 10.2. The van der Waals surface area contributed by atoms with Gasteiger partial charge in [-0.05, 0) is 63.2 Å². The molecule has 25 heavy (non-hydrogen) atoms. The average Bonchev–Trinajstić information content (AvgIpc) is 2.51. The third-order valence-electron chi connectivity index (χ3n) is 3.55. The zero-order chi connectivity index (χ0) is 17.7. The number of nitrogens with zero attached hydrogens (tertiary/aromatic N) is 4. The summed E-state index contributed by atoms with van der Waals surface area (Å²) in [6, 6.07) is 17.4. The molecule has 2 aliphatic heterocycles. The minimum absolute atomic E-state index is 0.530. The molecule has 2 aromatic carbocycles. The average molecular weight is 474 g/mol. The Bertz CT molecular complexity index is 994. The maximum Gasteiger partial charge on any atom is 0.360 e. The summed E-state index contributed by atoms with van der Waals surface area (Å²) < 4.78 is 21.3. The van der Waals surface area contributed by atoms with Crippen LogP contribution in [0.5, 0.6) is 5.75 Å². The number of fused-ring (bicyclic) bond motifs is 1. The van der Waals surface area contributed by atoms with E-state index in [2.05, 4.69) is 13.5 Å². The normalized spacial score (nSPS) is 25.8. The summed E-state index contributed by atoms with van der Waals surface area (Å²) in [4.78, 5) is 0. The van der Waals surface area contributed by atoms with Crippen molar-refractivity contribution in [2.75, 3.05) is 4.67 Å². The molecule has 0 N–H and O–H groups in total. The first-order valence-electron chi connectivity index (χ1n) is 7.09. The molecule has 0 aliphatic carbocycles. The van der Waals surface area contributed by atoms with E-state index < -0.39 is 19.4 Å². The summed E-state index contributed by atoms with van der Waals surface area (Å²) in [5.41, 5.74) is 1.88. The zero-order valence-corrected chi connectivity index (χ0v) is 18.2. The number of halogens is 4. The van der Waals surface area contributed by atoms with E-state index in [1.54, 1.807) is 0 Å². The number of hydrogen-bond donors (Lipinski definition) is 0. The zero-order valence-electron chi connectivity index (χ0n) is 12.5. The van der Waals surface area contributed by atoms with Crippen LogP contribution in [0.1, 0.15) is 5.56 Å². The van der Waals surface area contributed by atoms with Gasteiger partial charge in [-0.15, -0.1) is 0 Å². The minimum atomic E-state index is -3.09. The lowest BCUT2D eigenvalue weighted by Crippen LogP contribution is -2.25. The predicted octanol–water partition coefficient (Wildman–Crippen LogP) is 8.89. The third-order valence-corrected chi connectivity index (χ3v) is 15.2. The van der Waals surface area contributed by atoms with E-state index in [1.165, 1.54) is 0 Å². The van der Waals surface area contributed by atoms with Crippen LogP contribution in [0, 0.1) is 0 Å². The Kier molecular flexibility index (Phi) is 4.75. The highest BCUT2D eigenvalue weighted by Gasteiger charge is 2.43. The molecule has 2 heterocycles. The first-order chi connectivity index (χ1) is 11.8. The van der Waals surface area contributed by atoms with Crippen molar-refractivity contribution in [1.82, 2.24) is 0 Å². The Balaban J connectivity index is 2.00. The Labute approximate surface area is 164 Å². The summed E-state index contributed by atoms with van der Waals surface area (Å²) in [5, 5.41) is 0. The summed E-state index contributed by atoms with van der Waals surface area (Å²) in [5.74, 6) is -5.51. The van der Waals surface area contributed by atoms with Crippen LogP contribution in [0.4, 0.5) is 5.69 Å². The molecule has 2 aromatic rings. The Morgan fingerprint density at radius 1 is 0.800 bits per heavy atom. The van der Waals surface area contributed by atoms with Crippen molar-refractivity contribution in [2.45, 2.75) is 6.54 Å². The van der Waals surface area contributed by atoms with E-state index in [9.17, 15) is 0 Å². The summed E-state index contributed by atoms with van der Waals surface area (Å²) in [6.45, 7) is 0.530. The van der Waals surface area contributed by atoms with Gasteiger partial charge in [-0.1, -0.05) is 36.4 Å². The molecule has 0 aromatic heterocycles. The van der Waals surface area contributed by atoms with Crippen molar-refractivity contribution in [1.29, 1.82) is 0 Å². The second kappa shape index (κ2) is 6.50. The molecule has 4 rings (SSSR count). The number of benzene rings is 2. The molecule has 0 saturated heterocycles. The summed E-state index contributed by atoms with van der Waals surface area (Å²) in [7, 11) is -3.03. The van der Waals surface area contributed by atoms with E-state index in [0.29, 0.717) is 12.3 Å². The maximum atomic E-state index is 6.32. The summed E-state index contributed by atoms with van der Waals surface area (Å²) >= 11 is 25.3. The van der Waals surface area contributed by atoms with E-state index in [4.69, 9.17) is 49.5 Å². The molecule has 1 atom stereocenters. The van der Waals surface area contributed by atoms with Crippen molar-refractivity contribution >= 4 is 70.1 Å². The molecule has 0 radical (unpaired) electrons. The van der Waals surface area contributed by atoms with Gasteiger partial charge >= 0.3 is 7.58 Å². The highest BCUT2D eigenvalue weighted by Crippen LogP contribution is 2.86. The molecule has 0 amide bonds. The minimum Gasteiger partial charge on any atom is -0.426 e. The van der Waals surface area contributed by atoms with Crippen molar-refractivity contribution in [3.05, 3.63) is 60.2 Å². The Morgan fingerprint density at radius 2 is 1.44 bits per heavy atom. The van der Waals surface area contributed by atoms with Crippen LogP contribution in [0.3, 0.4) is 0 Å². The summed E-state index contributed by atoms with van der Waals surface area (Å²) in [6.07, 6.45) is 0. The Morgan fingerprint density at radius 3 is 2.16 bits per heavy atom. The van der Waals surface area contributed by atoms with Gasteiger partial charge in [-0.2, -0.15) is 13.5 Å². The number of hydrogen-bond acceptors (Lipinski definition) is 5. The number of anilines is 1. The monoisotopic (exact) mass is 472 g/mol. The highest BCUT2D eigenvalue weighted by molar-refractivity contribution is 8.20. The van der Waals surface area contributed by atoms with Gasteiger partial charge in [-0.25, -0.2) is 0 Å². The molecular formula is C13H11Cl4N4OP3. The molecule has 0 fully saturated rings. The van der Waals surface area contributed by atoms with Crippen molar-refractivity contribution < 1.29 is 4.52 Å². The quantitative estimate of drug-likeness (QED) is 0.388. The van der Waals surface area contributed by atoms with Gasteiger partial charge in [0, 0.05) is 11.3 Å². The smallest absolute Gasteiger partial charge is 0.360 e. The molecule has 5 nitrogen and oxygen atoms in total. The van der Waals surface area contributed by atoms with Gasteiger partial charge in [0.25, 0.3) is 11.8 Å². The molecule has 0 saturated carbocycles. The fourth-order valence-corrected chi connectivity index (χ4v) is 17.6. The first kappa shape index (κ1) is 18.3. The van der Waals surface area contributed by atoms with Gasteiger partial charge < -0.3 is 4.52 Å². The van der Waals surface area contributed by atoms with Crippen LogP contribution in [0.2, 0.25) is 0 Å². The fraction of sp³-hybridized carbons (Fsp3) is 0.0769. The standard InChI is InChI=1S/C13H11Cl4N4OP3/c14-23(15)18-24(16,17)20-25(19-23)21(12-7-2-1-3-8-12)10-11-6-4-5-9-13(11)22-25/h1-9H,10H2. The highest BCUT2D eigenvalue weighted by atomic mass is 35.9. The van der Waals surface area contributed by atoms with Gasteiger partial charge in [0.05, 0.1) is 6.54 Å². The lowest BCUT2D eigenvalue weighted by Gasteiger charge is -2.40. The molecular weight excluding hydrogens is 463 g/mol. The predicted molar refractivity (Wildman–Crippen MR) is 111 cm³/mol. The van der Waals surface area contributed by atoms with E-state index in [1.807, 2.05) is 59.3 Å². The lowest BCUT2D eigenvalue weighted by molar-refractivity contribution is 0.569. The maximum absolute atomic E-state index is 6.32. The van der Waals surface area contributed by atoms with Crippen LogP contribution in [-0.4, -0.2) is 0 Å². The van der Waals surface area contributed by atoms with Crippen LogP contribution in [0.15, 0.2) is 68.1 Å². The molecule has 132 valence electrons. The largest absolute Gasteiger partial charge is 0.426 e. The second-order valence-corrected chi connectivity index (χ2v) is 17.6. The second-order valence-electron chi connectivity index (χ2n) is 5.29. The van der Waals surface area contributed by atoms with Crippen LogP contribution >= 0.6 is 64.4 Å². The third kappa shape index (κ3) is 3.66. The topological polar surface area (TPSA) is 49.6 Å². The first-order valence-corrected chi connectivity index (χ1v) is 15.7. The van der Waals surface area contributed by atoms with Crippen molar-refractivity contribution in [2.24, 2.45) is 13.5 Å². The van der Waals surface area contributed by atoms with Gasteiger partial charge in [-0.3, -0.25) is 4.67 Å². The van der Waals surface area contributed by atoms with Crippen LogP contribution in [0.25, 0.3) is 0 Å². The van der Waals surface area contributed by atoms with Crippen molar-refractivity contribution in [3.8, 4) is 5.75 Å². The van der Waals surface area contributed by atoms with Crippen LogP contribution < -0.4 is 9.19 Å². The fourth-order valence-electron chi connectivity index (χ4n) is 2.60. The molecule has 12 heteroatoms. The Hall–Kier alpha value is -0.110. The number of para-hydroxylation sites is 2. The molecule has 1 spiro atoms. The van der Waals surface area contributed by atoms with Crippen molar-refractivity contribution in [3.63, 3.8) is 0 Å². The number of rotatable bonds is 1. The van der Waals surface area contributed by atoms with E-state index in [0.717, 1.165) is 11.3 Å². The van der Waals surface area contributed by atoms with E-state index >= 15 is 0 Å². The van der Waals surface area contributed by atoms with Crippen LogP contribution in [-0.2, 0) is 6.54 Å². The van der Waals surface area contributed by atoms with Gasteiger partial charge in [0.2, 0.25) is 0 Å². The molecule has 1 unspecified atom stereocenters. The van der Waals surface area contributed by atoms with Gasteiger partial charge in [0.1, 0.15) is 5.75 Å². The SMILES string of the molecule is ClP1(Cl)=NP(Cl)(Cl)=NP2(=N1)Oc1ccccc1CN2c1ccccc1. The van der Waals surface area contributed by atoms with E-state index in [-0.39, 0.29) is 0 Å². The van der Waals surface area contributed by atoms with Gasteiger partial charge in [0.15, 0.2) is 0 Å². The molecule has 2 aliphatic rings. The molecule has 0 bridgehead atoms.